The van der Waals surface area contributed by atoms with Crippen LogP contribution in [-0.2, 0) is 4.79 Å². The number of amides is 2. The molecule has 2 amide bonds. The number of urea groups is 1. The summed E-state index contributed by atoms with van der Waals surface area (Å²) in [6.45, 7) is 1.21. The maximum absolute atomic E-state index is 14.0. The summed E-state index contributed by atoms with van der Waals surface area (Å²) < 4.78 is 240. The van der Waals surface area contributed by atoms with Crippen LogP contribution in [0.5, 0.6) is 0 Å². The normalized spacial score (nSPS) is 16.0. The number of carbonyl (C=O) groups excluding carboxylic acids is 1. The molecule has 0 radical (unpaired) electrons. The second-order valence-electron chi connectivity index (χ2n) is 8.11. The monoisotopic (exact) mass is 694 g/mol. The highest BCUT2D eigenvalue weighted by Crippen LogP contribution is 2.64. The number of alkyl halides is 18. The van der Waals surface area contributed by atoms with Crippen LogP contribution in [-0.4, -0.2) is 93.7 Å². The van der Waals surface area contributed by atoms with Gasteiger partial charge >= 0.3 is 59.6 Å². The fraction of sp³-hybridized carbons (Fsp3) is 0.737. The Labute approximate surface area is 231 Å². The summed E-state index contributed by atoms with van der Waals surface area (Å²) >= 11 is -0.574. The molecule has 0 saturated heterocycles. The third-order valence-electron chi connectivity index (χ3n) is 5.01. The van der Waals surface area contributed by atoms with Crippen LogP contribution >= 0.6 is 11.8 Å². The average Bonchev–Trinajstić information content (AvgIpc) is 2.81. The number of rotatable bonds is 14. The van der Waals surface area contributed by atoms with Crippen LogP contribution in [0.1, 0.15) is 20.3 Å². The number of carboxylic acids is 1. The summed E-state index contributed by atoms with van der Waals surface area (Å²) in [5.41, 5.74) is -4.14. The van der Waals surface area contributed by atoms with Crippen LogP contribution in [0, 0.1) is 0 Å². The van der Waals surface area contributed by atoms with Gasteiger partial charge in [0.05, 0.1) is 12.0 Å². The third-order valence-corrected chi connectivity index (χ3v) is 5.95. The summed E-state index contributed by atoms with van der Waals surface area (Å²) in [5, 5.41) is 8.80. The first-order valence-electron chi connectivity index (χ1n) is 10.5. The largest absolute Gasteiger partial charge is 0.478 e. The molecule has 43 heavy (non-hydrogen) atoms. The smallest absolute Gasteiger partial charge is 0.460 e. The number of aliphatic imine (C=N–C) groups is 1. The van der Waals surface area contributed by atoms with Crippen molar-refractivity contribution in [2.75, 3.05) is 12.3 Å². The van der Waals surface area contributed by atoms with E-state index in [1.807, 2.05) is 0 Å². The average molecular weight is 694 g/mol. The standard InChI is InChI=1S/C19H16F18N2O3S/c1-3-38-11(42)39(7-8(2)10(40)41)4-5-43-9(20)6-12(21,22)13(23,24)14(25,26)15(27,28)16(29,30)17(31,32)18(33,34)19(35,36)37/h3,7,9H,4-6H2,1-2H3,(H,40,41). The first-order valence-corrected chi connectivity index (χ1v) is 11.5. The molecule has 0 aliphatic carbocycles. The van der Waals surface area contributed by atoms with Gasteiger partial charge < -0.3 is 5.11 Å². The summed E-state index contributed by atoms with van der Waals surface area (Å²) in [5.74, 6) is -60.6. The molecule has 0 aliphatic heterocycles. The number of halogens is 18. The first kappa shape index (κ1) is 40.4. The minimum Gasteiger partial charge on any atom is -0.478 e. The highest BCUT2D eigenvalue weighted by atomic mass is 32.2. The number of thioether (sulfide) groups is 1. The number of hydrogen-bond donors (Lipinski definition) is 1. The predicted octanol–water partition coefficient (Wildman–Crippen LogP) is 7.92. The zero-order chi connectivity index (χ0) is 34.8. The fourth-order valence-corrected chi connectivity index (χ4v) is 3.44. The molecule has 252 valence electrons. The zero-order valence-electron chi connectivity index (χ0n) is 20.7. The van der Waals surface area contributed by atoms with E-state index in [1.54, 1.807) is 0 Å². The lowest BCUT2D eigenvalue weighted by atomic mass is 9.88. The number of carbonyl (C=O) groups is 2. The van der Waals surface area contributed by atoms with Crippen molar-refractivity contribution in [3.05, 3.63) is 11.8 Å². The minimum absolute atomic E-state index is 0.392. The van der Waals surface area contributed by atoms with Crippen molar-refractivity contribution in [3.8, 4) is 0 Å². The molecule has 0 aliphatic rings. The van der Waals surface area contributed by atoms with E-state index in [2.05, 4.69) is 4.99 Å². The van der Waals surface area contributed by atoms with Gasteiger partial charge in [0.15, 0.2) is 5.50 Å². The first-order chi connectivity index (χ1) is 18.8. The molecular formula is C19H16F18N2O3S. The van der Waals surface area contributed by atoms with Gasteiger partial charge in [-0.3, -0.25) is 4.90 Å². The molecule has 1 unspecified atom stereocenters. The minimum atomic E-state index is -8.79. The van der Waals surface area contributed by atoms with E-state index < -0.39 is 101 Å². The van der Waals surface area contributed by atoms with Crippen LogP contribution in [0.15, 0.2) is 16.8 Å². The second-order valence-corrected chi connectivity index (χ2v) is 9.37. The van der Waals surface area contributed by atoms with E-state index in [-0.39, 0.29) is 0 Å². The molecule has 0 aromatic heterocycles. The quantitative estimate of drug-likeness (QED) is 0.114. The van der Waals surface area contributed by atoms with Crippen molar-refractivity contribution in [2.45, 2.75) is 73.4 Å². The van der Waals surface area contributed by atoms with Gasteiger partial charge in [-0.05, 0) is 13.8 Å². The molecule has 0 aromatic carbocycles. The van der Waals surface area contributed by atoms with Crippen molar-refractivity contribution >= 4 is 30.0 Å². The van der Waals surface area contributed by atoms with Crippen LogP contribution in [0.3, 0.4) is 0 Å². The Hall–Kier alpha value is -2.56. The SMILES string of the molecule is CC=NC(=O)N(C=C(C)C(=O)O)CCSC(F)CC(F)(F)C(F)(F)C(F)(F)C(F)(F)C(F)(F)C(F)(F)C(F)(F)C(F)(F)F. The Morgan fingerprint density at radius 1 is 0.767 bits per heavy atom. The molecular weight excluding hydrogens is 678 g/mol. The molecule has 24 heteroatoms. The Bertz CT molecular complexity index is 1070. The Balaban J connectivity index is 6.15. The molecule has 0 fully saturated rings. The van der Waals surface area contributed by atoms with Crippen molar-refractivity contribution in [2.24, 2.45) is 4.99 Å². The Morgan fingerprint density at radius 3 is 1.53 bits per heavy atom. The second kappa shape index (κ2) is 12.8. The number of aliphatic carboxylic acids is 1. The highest BCUT2D eigenvalue weighted by Gasteiger charge is 2.95. The lowest BCUT2D eigenvalue weighted by Crippen LogP contribution is -2.74. The van der Waals surface area contributed by atoms with E-state index in [1.165, 1.54) is 6.92 Å². The van der Waals surface area contributed by atoms with Crippen molar-refractivity contribution in [1.29, 1.82) is 0 Å². The summed E-state index contributed by atoms with van der Waals surface area (Å²) in [6, 6.07) is -1.27. The van der Waals surface area contributed by atoms with Crippen LogP contribution in [0.2, 0.25) is 0 Å². The van der Waals surface area contributed by atoms with Crippen molar-refractivity contribution < 1.29 is 93.7 Å². The molecule has 0 rings (SSSR count). The molecule has 0 heterocycles. The van der Waals surface area contributed by atoms with Gasteiger partial charge in [0.1, 0.15) is 0 Å². The maximum atomic E-state index is 14.0. The van der Waals surface area contributed by atoms with Crippen LogP contribution < -0.4 is 0 Å². The van der Waals surface area contributed by atoms with Gasteiger partial charge in [-0.15, -0.1) is 11.8 Å². The van der Waals surface area contributed by atoms with Crippen molar-refractivity contribution in [3.63, 3.8) is 0 Å². The Morgan fingerprint density at radius 2 is 1.16 bits per heavy atom. The third kappa shape index (κ3) is 7.40. The van der Waals surface area contributed by atoms with E-state index in [0.717, 1.165) is 13.1 Å². The molecule has 0 spiro atoms. The topological polar surface area (TPSA) is 70.0 Å². The summed E-state index contributed by atoms with van der Waals surface area (Å²) in [7, 11) is 0. The number of carboxylic acid groups (broad SMARTS) is 1. The van der Waals surface area contributed by atoms with Gasteiger partial charge in [0, 0.05) is 24.7 Å². The van der Waals surface area contributed by atoms with Gasteiger partial charge in [-0.25, -0.2) is 19.0 Å². The molecule has 1 N–H and O–H groups in total. The number of nitrogens with zero attached hydrogens (tertiary/aromatic N) is 2. The highest BCUT2D eigenvalue weighted by molar-refractivity contribution is 7.99. The number of hydrogen-bond acceptors (Lipinski definition) is 3. The fourth-order valence-electron chi connectivity index (χ4n) is 2.55. The lowest BCUT2D eigenvalue weighted by molar-refractivity contribution is -0.461. The van der Waals surface area contributed by atoms with E-state index in [4.69, 9.17) is 5.11 Å². The van der Waals surface area contributed by atoms with E-state index in [9.17, 15) is 88.6 Å². The van der Waals surface area contributed by atoms with Gasteiger partial charge in [0.25, 0.3) is 0 Å². The van der Waals surface area contributed by atoms with E-state index >= 15 is 0 Å². The van der Waals surface area contributed by atoms with Gasteiger partial charge in [-0.2, -0.15) is 74.6 Å². The van der Waals surface area contributed by atoms with Crippen LogP contribution in [0.4, 0.5) is 83.8 Å². The summed E-state index contributed by atoms with van der Waals surface area (Å²) in [6.07, 6.45) is -9.76. The zero-order valence-corrected chi connectivity index (χ0v) is 21.5. The Kier molecular flexibility index (Phi) is 12.1. The summed E-state index contributed by atoms with van der Waals surface area (Å²) in [4.78, 5) is 26.2. The van der Waals surface area contributed by atoms with E-state index in [0.29, 0.717) is 11.1 Å². The molecule has 0 saturated carbocycles. The molecule has 0 bridgehead atoms. The van der Waals surface area contributed by atoms with Crippen molar-refractivity contribution in [1.82, 2.24) is 4.90 Å². The maximum Gasteiger partial charge on any atom is 0.460 e. The predicted molar refractivity (Wildman–Crippen MR) is 110 cm³/mol. The molecule has 5 nitrogen and oxygen atoms in total. The van der Waals surface area contributed by atoms with Gasteiger partial charge in [0.2, 0.25) is 0 Å². The molecule has 1 atom stereocenters. The molecule has 0 aromatic rings. The van der Waals surface area contributed by atoms with Crippen LogP contribution in [0.25, 0.3) is 0 Å². The lowest BCUT2D eigenvalue weighted by Gasteiger charge is -2.42. The van der Waals surface area contributed by atoms with Gasteiger partial charge in [-0.1, -0.05) is 0 Å².